The van der Waals surface area contributed by atoms with Crippen LogP contribution < -0.4 is 5.32 Å². The molecule has 0 amide bonds. The number of benzene rings is 1. The van der Waals surface area contributed by atoms with Crippen molar-refractivity contribution in [3.05, 3.63) is 46.8 Å². The van der Waals surface area contributed by atoms with Crippen LogP contribution in [0.4, 0.5) is 0 Å². The van der Waals surface area contributed by atoms with E-state index in [2.05, 4.69) is 15.5 Å². The second kappa shape index (κ2) is 5.26. The maximum absolute atomic E-state index is 5.97. The van der Waals surface area contributed by atoms with E-state index in [0.29, 0.717) is 23.3 Å². The average Bonchev–Trinajstić information content (AvgIpc) is 3.01. The number of furan rings is 1. The van der Waals surface area contributed by atoms with E-state index >= 15 is 0 Å². The maximum Gasteiger partial charge on any atom is 0.223 e. The van der Waals surface area contributed by atoms with Gasteiger partial charge in [0, 0.05) is 17.3 Å². The van der Waals surface area contributed by atoms with Crippen LogP contribution in [0.1, 0.15) is 30.4 Å². The highest BCUT2D eigenvalue weighted by Crippen LogP contribution is 2.26. The van der Waals surface area contributed by atoms with E-state index in [1.807, 2.05) is 31.2 Å². The summed E-state index contributed by atoms with van der Waals surface area (Å²) in [6, 6.07) is 7.60. The van der Waals surface area contributed by atoms with Gasteiger partial charge in [-0.25, -0.2) is 0 Å². The van der Waals surface area contributed by atoms with Crippen molar-refractivity contribution in [1.82, 2.24) is 15.5 Å². The predicted molar refractivity (Wildman–Crippen MR) is 75.5 cm³/mol. The number of nitrogens with one attached hydrogen (secondary N) is 1. The number of fused-ring (bicyclic) bond motifs is 1. The average molecular weight is 292 g/mol. The lowest BCUT2D eigenvalue weighted by Gasteiger charge is -2.08. The number of halogens is 1. The summed E-state index contributed by atoms with van der Waals surface area (Å²) in [4.78, 5) is 4.14. The van der Waals surface area contributed by atoms with E-state index in [4.69, 9.17) is 20.5 Å². The molecular formula is C14H14ClN3O2. The molecule has 20 heavy (non-hydrogen) atoms. The second-order valence-electron chi connectivity index (χ2n) is 4.66. The van der Waals surface area contributed by atoms with Gasteiger partial charge in [0.25, 0.3) is 0 Å². The molecule has 0 bridgehead atoms. The van der Waals surface area contributed by atoms with E-state index in [9.17, 15) is 0 Å². The number of nitrogens with zero attached hydrogens (tertiary/aromatic N) is 2. The fourth-order valence-corrected chi connectivity index (χ4v) is 2.19. The van der Waals surface area contributed by atoms with E-state index in [0.717, 1.165) is 16.7 Å². The highest BCUT2D eigenvalue weighted by atomic mass is 35.5. The number of hydrogen-bond acceptors (Lipinski definition) is 5. The molecule has 3 aromatic rings. The largest absolute Gasteiger partial charge is 0.459 e. The molecule has 104 valence electrons. The summed E-state index contributed by atoms with van der Waals surface area (Å²) >= 11 is 5.97. The first-order chi connectivity index (χ1) is 9.61. The Morgan fingerprint density at radius 2 is 2.20 bits per heavy atom. The molecule has 2 heterocycles. The normalized spacial score (nSPS) is 12.9. The van der Waals surface area contributed by atoms with Crippen LogP contribution in [0.25, 0.3) is 11.0 Å². The van der Waals surface area contributed by atoms with Crippen LogP contribution in [0.2, 0.25) is 5.02 Å². The Hall–Kier alpha value is -1.85. The molecule has 0 radical (unpaired) electrons. The molecule has 6 heteroatoms. The number of aromatic nitrogens is 2. The molecule has 1 aromatic carbocycles. The van der Waals surface area contributed by atoms with Gasteiger partial charge in [-0.2, -0.15) is 4.98 Å². The molecule has 0 aliphatic rings. The number of aryl methyl sites for hydroxylation is 1. The van der Waals surface area contributed by atoms with Crippen molar-refractivity contribution in [2.45, 2.75) is 26.4 Å². The van der Waals surface area contributed by atoms with Crippen LogP contribution in [0.5, 0.6) is 0 Å². The zero-order chi connectivity index (χ0) is 14.1. The van der Waals surface area contributed by atoms with Crippen molar-refractivity contribution in [2.75, 3.05) is 0 Å². The van der Waals surface area contributed by atoms with Crippen molar-refractivity contribution < 1.29 is 8.94 Å². The van der Waals surface area contributed by atoms with E-state index in [-0.39, 0.29) is 6.04 Å². The third kappa shape index (κ3) is 2.69. The maximum atomic E-state index is 5.97. The quantitative estimate of drug-likeness (QED) is 0.795. The van der Waals surface area contributed by atoms with Crippen LogP contribution >= 0.6 is 11.6 Å². The summed E-state index contributed by atoms with van der Waals surface area (Å²) in [7, 11) is 0. The summed E-state index contributed by atoms with van der Waals surface area (Å²) in [6.45, 7) is 4.31. The van der Waals surface area contributed by atoms with Gasteiger partial charge in [-0.15, -0.1) is 0 Å². The highest BCUT2D eigenvalue weighted by molar-refractivity contribution is 6.31. The van der Waals surface area contributed by atoms with E-state index in [1.165, 1.54) is 0 Å². The lowest BCUT2D eigenvalue weighted by molar-refractivity contribution is 0.381. The van der Waals surface area contributed by atoms with Gasteiger partial charge >= 0.3 is 0 Å². The van der Waals surface area contributed by atoms with Crippen molar-refractivity contribution in [2.24, 2.45) is 0 Å². The van der Waals surface area contributed by atoms with Crippen molar-refractivity contribution >= 4 is 22.6 Å². The smallest absolute Gasteiger partial charge is 0.223 e. The third-order valence-corrected chi connectivity index (χ3v) is 3.30. The van der Waals surface area contributed by atoms with Crippen molar-refractivity contribution in [3.8, 4) is 0 Å². The van der Waals surface area contributed by atoms with Gasteiger partial charge in [-0.1, -0.05) is 16.8 Å². The molecular weight excluding hydrogens is 278 g/mol. The Labute approximate surface area is 120 Å². The topological polar surface area (TPSA) is 64.1 Å². The van der Waals surface area contributed by atoms with Crippen LogP contribution in [-0.2, 0) is 6.54 Å². The Bertz CT molecular complexity index is 735. The summed E-state index contributed by atoms with van der Waals surface area (Å²) in [5.41, 5.74) is 0.827. The molecule has 0 aliphatic carbocycles. The van der Waals surface area contributed by atoms with Crippen LogP contribution in [0.3, 0.4) is 0 Å². The molecule has 0 aliphatic heterocycles. The number of rotatable bonds is 4. The Morgan fingerprint density at radius 1 is 1.35 bits per heavy atom. The molecule has 1 unspecified atom stereocenters. The third-order valence-electron chi connectivity index (χ3n) is 3.06. The van der Waals surface area contributed by atoms with Crippen molar-refractivity contribution in [1.29, 1.82) is 0 Å². The Morgan fingerprint density at radius 3 is 2.95 bits per heavy atom. The monoisotopic (exact) mass is 291 g/mol. The predicted octanol–water partition coefficient (Wildman–Crippen LogP) is 3.63. The molecule has 0 fully saturated rings. The molecule has 5 nitrogen and oxygen atoms in total. The van der Waals surface area contributed by atoms with Crippen LogP contribution in [-0.4, -0.2) is 10.1 Å². The standard InChI is InChI=1S/C14H14ClN3O2/c1-8(16-7-14-17-9(2)20-18-14)13-6-10-5-11(15)3-4-12(10)19-13/h3-6,8,16H,7H2,1-2H3. The fourth-order valence-electron chi connectivity index (χ4n) is 2.01. The van der Waals surface area contributed by atoms with Gasteiger partial charge in [0.2, 0.25) is 5.89 Å². The highest BCUT2D eigenvalue weighted by Gasteiger charge is 2.12. The molecule has 0 saturated heterocycles. The minimum absolute atomic E-state index is 0.0416. The fraction of sp³-hybridized carbons (Fsp3) is 0.286. The van der Waals surface area contributed by atoms with E-state index in [1.54, 1.807) is 6.92 Å². The van der Waals surface area contributed by atoms with Gasteiger partial charge in [0.05, 0.1) is 12.6 Å². The summed E-state index contributed by atoms with van der Waals surface area (Å²) < 4.78 is 10.7. The first-order valence-electron chi connectivity index (χ1n) is 6.33. The Kier molecular flexibility index (Phi) is 3.46. The molecule has 1 N–H and O–H groups in total. The van der Waals surface area contributed by atoms with Gasteiger partial charge in [0.1, 0.15) is 11.3 Å². The summed E-state index contributed by atoms with van der Waals surface area (Å²) in [5, 5.41) is 8.83. The summed E-state index contributed by atoms with van der Waals surface area (Å²) in [5.74, 6) is 2.05. The van der Waals surface area contributed by atoms with Crippen LogP contribution in [0, 0.1) is 6.92 Å². The summed E-state index contributed by atoms with van der Waals surface area (Å²) in [6.07, 6.45) is 0. The van der Waals surface area contributed by atoms with Gasteiger partial charge < -0.3 is 14.3 Å². The molecule has 0 spiro atoms. The zero-order valence-electron chi connectivity index (χ0n) is 11.2. The van der Waals surface area contributed by atoms with Gasteiger partial charge in [-0.05, 0) is 31.2 Å². The minimum atomic E-state index is 0.0416. The van der Waals surface area contributed by atoms with Gasteiger partial charge in [0.15, 0.2) is 5.82 Å². The lowest BCUT2D eigenvalue weighted by Crippen LogP contribution is -2.18. The van der Waals surface area contributed by atoms with Crippen molar-refractivity contribution in [3.63, 3.8) is 0 Å². The lowest BCUT2D eigenvalue weighted by atomic mass is 10.2. The minimum Gasteiger partial charge on any atom is -0.459 e. The zero-order valence-corrected chi connectivity index (χ0v) is 11.9. The van der Waals surface area contributed by atoms with Gasteiger partial charge in [-0.3, -0.25) is 0 Å². The molecule has 2 aromatic heterocycles. The molecule has 0 saturated carbocycles. The Balaban J connectivity index is 1.73. The number of hydrogen-bond donors (Lipinski definition) is 1. The molecule has 1 atom stereocenters. The first kappa shape index (κ1) is 13.1. The SMILES string of the molecule is Cc1nc(CNC(C)c2cc3cc(Cl)ccc3o2)no1. The van der Waals surface area contributed by atoms with E-state index < -0.39 is 0 Å². The van der Waals surface area contributed by atoms with Crippen LogP contribution in [0.15, 0.2) is 33.2 Å². The first-order valence-corrected chi connectivity index (χ1v) is 6.71. The molecule has 3 rings (SSSR count). The second-order valence-corrected chi connectivity index (χ2v) is 5.10.